The van der Waals surface area contributed by atoms with Crippen LogP contribution in [0.3, 0.4) is 0 Å². The minimum Gasteiger partial charge on any atom is -0.348 e. The first-order valence-corrected chi connectivity index (χ1v) is 13.7. The molecule has 1 unspecified atom stereocenters. The van der Waals surface area contributed by atoms with Crippen LogP contribution < -0.4 is 5.32 Å². The number of amides is 1. The van der Waals surface area contributed by atoms with Crippen molar-refractivity contribution in [2.24, 2.45) is 5.92 Å². The second-order valence-corrected chi connectivity index (χ2v) is 11.5. The Morgan fingerprint density at radius 2 is 1.77 bits per heavy atom. The summed E-state index contributed by atoms with van der Waals surface area (Å²) in [5.74, 6) is 0.823. The number of benzene rings is 2. The summed E-state index contributed by atoms with van der Waals surface area (Å²) in [4.78, 5) is 21.0. The number of fused-ring (bicyclic) bond motifs is 1. The third kappa shape index (κ3) is 5.66. The van der Waals surface area contributed by atoms with E-state index in [1.54, 1.807) is 6.20 Å². The summed E-state index contributed by atoms with van der Waals surface area (Å²) in [6, 6.07) is 17.8. The topological polar surface area (TPSA) is 62.3 Å². The molecule has 0 radical (unpaired) electrons. The average Bonchev–Trinajstić information content (AvgIpc) is 3.14. The van der Waals surface area contributed by atoms with E-state index in [1.807, 2.05) is 49.4 Å². The lowest BCUT2D eigenvalue weighted by molar-refractivity contribution is 0.0950. The van der Waals surface area contributed by atoms with Gasteiger partial charge in [-0.1, -0.05) is 56.6 Å². The van der Waals surface area contributed by atoms with Gasteiger partial charge in [0.05, 0.1) is 28.1 Å². The Kier molecular flexibility index (Phi) is 8.05. The quantitative estimate of drug-likeness (QED) is 0.400. The van der Waals surface area contributed by atoms with Gasteiger partial charge in [-0.3, -0.25) is 18.9 Å². The van der Waals surface area contributed by atoms with Crippen LogP contribution in [0.25, 0.3) is 0 Å². The highest BCUT2D eigenvalue weighted by Crippen LogP contribution is 2.45. The molecule has 0 saturated carbocycles. The van der Waals surface area contributed by atoms with E-state index in [9.17, 15) is 9.00 Å². The molecule has 1 aromatic heterocycles. The van der Waals surface area contributed by atoms with Gasteiger partial charge in [-0.2, -0.15) is 0 Å². The summed E-state index contributed by atoms with van der Waals surface area (Å²) in [7, 11) is -0.974. The molecular formula is C28H32ClN3O2S. The number of nitrogens with one attached hydrogen (secondary N) is 1. The van der Waals surface area contributed by atoms with Crippen molar-refractivity contribution in [2.75, 3.05) is 5.75 Å². The maximum Gasteiger partial charge on any atom is 0.253 e. The largest absolute Gasteiger partial charge is 0.348 e. The maximum atomic E-state index is 12.9. The molecule has 35 heavy (non-hydrogen) atoms. The zero-order valence-corrected chi connectivity index (χ0v) is 22.2. The molecule has 4 rings (SSSR count). The molecule has 1 N–H and O–H groups in total. The smallest absolute Gasteiger partial charge is 0.253 e. The number of carbonyl (C=O) groups is 1. The number of hydrogen-bond acceptors (Lipinski definition) is 4. The van der Waals surface area contributed by atoms with E-state index in [-0.39, 0.29) is 18.0 Å². The van der Waals surface area contributed by atoms with Crippen molar-refractivity contribution in [1.29, 1.82) is 0 Å². The summed E-state index contributed by atoms with van der Waals surface area (Å²) < 4.78 is 11.9. The number of carbonyl (C=O) groups excluding carboxylic acids is 1. The van der Waals surface area contributed by atoms with Crippen LogP contribution >= 0.6 is 11.6 Å². The lowest BCUT2D eigenvalue weighted by atomic mass is 9.99. The van der Waals surface area contributed by atoms with Crippen LogP contribution in [0, 0.1) is 5.92 Å². The van der Waals surface area contributed by atoms with Gasteiger partial charge in [0.1, 0.15) is 0 Å². The molecule has 0 bridgehead atoms. The van der Waals surface area contributed by atoms with Crippen LogP contribution in [0.5, 0.6) is 0 Å². The molecule has 184 valence electrons. The van der Waals surface area contributed by atoms with Gasteiger partial charge in [-0.05, 0) is 59.9 Å². The van der Waals surface area contributed by atoms with E-state index in [2.05, 4.69) is 43.1 Å². The molecule has 1 aliphatic heterocycles. The van der Waals surface area contributed by atoms with Crippen molar-refractivity contribution in [3.63, 3.8) is 0 Å². The number of pyridine rings is 1. The Morgan fingerprint density at radius 3 is 2.40 bits per heavy atom. The Balaban J connectivity index is 1.49. The predicted octanol–water partition coefficient (Wildman–Crippen LogP) is 6.07. The number of aromatic nitrogens is 1. The molecule has 1 aliphatic rings. The molecule has 3 atom stereocenters. The first kappa shape index (κ1) is 25.5. The van der Waals surface area contributed by atoms with Crippen molar-refractivity contribution in [1.82, 2.24) is 15.2 Å². The van der Waals surface area contributed by atoms with E-state index in [4.69, 9.17) is 16.6 Å². The molecule has 0 aliphatic carbocycles. The van der Waals surface area contributed by atoms with Crippen LogP contribution in [0.15, 0.2) is 65.7 Å². The van der Waals surface area contributed by atoms with E-state index in [1.165, 1.54) is 5.56 Å². The third-order valence-corrected chi connectivity index (χ3v) is 8.18. The molecule has 2 heterocycles. The third-order valence-electron chi connectivity index (χ3n) is 6.61. The Morgan fingerprint density at radius 1 is 1.11 bits per heavy atom. The van der Waals surface area contributed by atoms with Crippen LogP contribution in [-0.4, -0.2) is 25.8 Å². The number of rotatable bonds is 8. The highest BCUT2D eigenvalue weighted by molar-refractivity contribution is 7.85. The van der Waals surface area contributed by atoms with Gasteiger partial charge in [0, 0.05) is 41.0 Å². The van der Waals surface area contributed by atoms with Crippen LogP contribution in [0.4, 0.5) is 0 Å². The average molecular weight is 510 g/mol. The molecule has 0 saturated heterocycles. The fourth-order valence-electron chi connectivity index (χ4n) is 4.72. The van der Waals surface area contributed by atoms with Crippen molar-refractivity contribution < 1.29 is 9.00 Å². The van der Waals surface area contributed by atoms with Gasteiger partial charge < -0.3 is 5.32 Å². The fraction of sp³-hybridized carbons (Fsp3) is 0.357. The lowest BCUT2D eigenvalue weighted by Crippen LogP contribution is -2.28. The van der Waals surface area contributed by atoms with Gasteiger partial charge in [0.2, 0.25) is 0 Å². The van der Waals surface area contributed by atoms with Crippen LogP contribution in [-0.2, 0) is 23.9 Å². The van der Waals surface area contributed by atoms with Crippen molar-refractivity contribution in [2.45, 2.75) is 57.8 Å². The van der Waals surface area contributed by atoms with Gasteiger partial charge in [-0.25, -0.2) is 0 Å². The minimum absolute atomic E-state index is 0.139. The van der Waals surface area contributed by atoms with E-state index in [0.29, 0.717) is 23.8 Å². The zero-order chi connectivity index (χ0) is 25.1. The number of halogens is 1. The normalized spacial score (nSPS) is 18.5. The summed E-state index contributed by atoms with van der Waals surface area (Å²) in [6.07, 6.45) is 1.69. The molecule has 3 aromatic rings. The van der Waals surface area contributed by atoms with Crippen LogP contribution in [0.1, 0.15) is 72.5 Å². The van der Waals surface area contributed by atoms with Crippen molar-refractivity contribution in [3.05, 3.63) is 93.8 Å². The highest BCUT2D eigenvalue weighted by atomic mass is 35.5. The molecule has 0 spiro atoms. The molecule has 1 amide bonds. The number of hydrogen-bond donors (Lipinski definition) is 1. The standard InChI is InChI=1S/C28H32ClN3O2S/c1-5-35(34)24-12-8-20(9-13-24)15-31-28(33)22-14-25-19(4)32(17-21-6-10-23(29)11-7-21)27(18(2)3)26(25)30-16-22/h6-14,16,18-19,27H,5,15,17H2,1-4H3,(H,31,33)/t19-,27-,35?/m0/s1. The molecule has 5 nitrogen and oxygen atoms in total. The molecule has 7 heteroatoms. The second-order valence-electron chi connectivity index (χ2n) is 9.32. The Bertz CT molecular complexity index is 1210. The van der Waals surface area contributed by atoms with Gasteiger partial charge in [-0.15, -0.1) is 0 Å². The van der Waals surface area contributed by atoms with Crippen molar-refractivity contribution >= 4 is 28.3 Å². The summed E-state index contributed by atoms with van der Waals surface area (Å²) >= 11 is 6.07. The van der Waals surface area contributed by atoms with Crippen LogP contribution in [0.2, 0.25) is 5.02 Å². The molecule has 0 fully saturated rings. The van der Waals surface area contributed by atoms with Gasteiger partial charge in [0.25, 0.3) is 5.91 Å². The monoisotopic (exact) mass is 509 g/mol. The van der Waals surface area contributed by atoms with Gasteiger partial charge >= 0.3 is 0 Å². The zero-order valence-electron chi connectivity index (χ0n) is 20.6. The first-order valence-electron chi connectivity index (χ1n) is 12.0. The summed E-state index contributed by atoms with van der Waals surface area (Å²) in [5.41, 5.74) is 4.89. The van der Waals surface area contributed by atoms with E-state index < -0.39 is 10.8 Å². The first-order chi connectivity index (χ1) is 16.8. The Labute approximate surface area is 215 Å². The maximum absolute atomic E-state index is 12.9. The highest BCUT2D eigenvalue weighted by Gasteiger charge is 2.39. The SMILES string of the molecule is CCS(=O)c1ccc(CNC(=O)c2cnc3c(c2)[C@H](C)N(Cc2ccc(Cl)cc2)[C@H]3C(C)C)cc1. The van der Waals surface area contributed by atoms with Gasteiger partial charge in [0.15, 0.2) is 0 Å². The minimum atomic E-state index is -0.974. The lowest BCUT2D eigenvalue weighted by Gasteiger charge is -2.31. The fourth-order valence-corrected chi connectivity index (χ4v) is 5.62. The molecule has 2 aromatic carbocycles. The predicted molar refractivity (Wildman–Crippen MR) is 142 cm³/mol. The molecular weight excluding hydrogens is 478 g/mol. The van der Waals surface area contributed by atoms with E-state index >= 15 is 0 Å². The van der Waals surface area contributed by atoms with E-state index in [0.717, 1.165) is 33.3 Å². The summed E-state index contributed by atoms with van der Waals surface area (Å²) in [6.45, 7) is 9.70. The summed E-state index contributed by atoms with van der Waals surface area (Å²) in [5, 5.41) is 3.73. The Hall–Kier alpha value is -2.54. The second kappa shape index (κ2) is 11.0. The number of nitrogens with zero attached hydrogens (tertiary/aromatic N) is 2. The van der Waals surface area contributed by atoms with Crippen molar-refractivity contribution in [3.8, 4) is 0 Å².